The van der Waals surface area contributed by atoms with Crippen molar-refractivity contribution in [2.75, 3.05) is 73.1 Å². The number of carbonyl (C=O) groups excluding carboxylic acids is 5. The molecule has 3 fully saturated rings. The Morgan fingerprint density at radius 2 is 1.34 bits per heavy atom. The zero-order chi connectivity index (χ0) is 40.0. The van der Waals surface area contributed by atoms with E-state index in [1.807, 2.05) is 0 Å². The van der Waals surface area contributed by atoms with Gasteiger partial charge < -0.3 is 44.6 Å². The molecule has 3 rings (SSSR count). The summed E-state index contributed by atoms with van der Waals surface area (Å²) in [6, 6.07) is 0.456. The molecule has 2 saturated carbocycles. The van der Waals surface area contributed by atoms with Crippen molar-refractivity contribution in [2.45, 2.75) is 108 Å². The molecule has 0 atom stereocenters. The second-order valence-electron chi connectivity index (χ2n) is 12.6. The summed E-state index contributed by atoms with van der Waals surface area (Å²) in [4.78, 5) is 61.2. The average Bonchev–Trinajstić information content (AvgIpc) is 3.43. The molecule has 1 saturated heterocycles. The molecule has 2 aliphatic carbocycles. The average molecular weight is 760 g/mol. The zero-order valence-corrected chi connectivity index (χ0v) is 31.6. The van der Waals surface area contributed by atoms with Gasteiger partial charge in [0.25, 0.3) is 0 Å². The van der Waals surface area contributed by atoms with Gasteiger partial charge in [-0.2, -0.15) is 0 Å². The first-order valence-corrected chi connectivity index (χ1v) is 18.6. The highest BCUT2D eigenvalue weighted by atomic mass is 16.5. The van der Waals surface area contributed by atoms with E-state index in [1.54, 1.807) is 19.2 Å². The molecule has 0 aromatic carbocycles. The summed E-state index contributed by atoms with van der Waals surface area (Å²) in [6.45, 7) is 4.79. The maximum Gasteiger partial charge on any atom is 0.330 e. The summed E-state index contributed by atoms with van der Waals surface area (Å²) in [5, 5.41) is 41.1. The van der Waals surface area contributed by atoms with Gasteiger partial charge in [-0.3, -0.25) is 9.59 Å². The van der Waals surface area contributed by atoms with Crippen LogP contribution in [0.3, 0.4) is 0 Å². The number of aliphatic imine (C=N–C) groups is 2. The minimum absolute atomic E-state index is 0.0125. The van der Waals surface area contributed by atoms with E-state index in [0.717, 1.165) is 62.9 Å². The Bertz CT molecular complexity index is 969. The van der Waals surface area contributed by atoms with Crippen molar-refractivity contribution in [3.8, 4) is 0 Å². The van der Waals surface area contributed by atoms with Crippen molar-refractivity contribution in [3.63, 3.8) is 0 Å². The van der Waals surface area contributed by atoms with E-state index >= 15 is 0 Å². The van der Waals surface area contributed by atoms with Gasteiger partial charge in [0.15, 0.2) is 0 Å². The molecule has 0 bridgehead atoms. The second-order valence-corrected chi connectivity index (χ2v) is 12.6. The summed E-state index contributed by atoms with van der Waals surface area (Å²) < 4.78 is 13.7. The van der Waals surface area contributed by atoms with Crippen LogP contribution in [0.1, 0.15) is 96.3 Å². The first-order valence-electron chi connectivity index (χ1n) is 18.6. The number of esters is 2. The fourth-order valence-electron chi connectivity index (χ4n) is 5.58. The SMILES string of the molecule is C=CC(=O)OCCO.CN(CCO)C(=O)CCCO.O=C1CCCCCO1.O=C=NC1CCC(CC2CCC(N=C=O)CC2)CC1.OCCOCCO. The fraction of sp³-hybridized carbons (Fsp3) is 0.811. The highest BCUT2D eigenvalue weighted by molar-refractivity contribution is 5.81. The van der Waals surface area contributed by atoms with Crippen LogP contribution in [0.25, 0.3) is 0 Å². The van der Waals surface area contributed by atoms with E-state index in [2.05, 4.69) is 26.0 Å². The van der Waals surface area contributed by atoms with Gasteiger partial charge in [-0.25, -0.2) is 24.4 Å². The van der Waals surface area contributed by atoms with Gasteiger partial charge in [0.2, 0.25) is 18.1 Å². The Hall–Kier alpha value is -3.33. The molecule has 306 valence electrons. The number of carbonyl (C=O) groups is 3. The molecule has 0 aromatic heterocycles. The standard InChI is InChI=1S/C15H22N2O2.C7H15NO3.C6H10O2.C5H8O3.C4H10O3/c18-10-16-14-5-1-12(2-6-14)9-13-3-7-15(8-4-13)17-11-19;1-8(4-6-10)7(11)3-2-5-9;7-6-4-2-1-3-5-8-6;1-2-5(7)8-4-3-6;5-1-3-7-4-2-6/h12-15H,1-9H2;9-10H,2-6H2,1H3;1-5H2;2,6H,1,3-4H2;5-6H,1-4H2. The van der Waals surface area contributed by atoms with Gasteiger partial charge in [0.05, 0.1) is 58.3 Å². The number of hydrogen-bond acceptors (Lipinski definition) is 15. The fourth-order valence-corrected chi connectivity index (χ4v) is 5.58. The van der Waals surface area contributed by atoms with Crippen molar-refractivity contribution < 1.29 is 63.7 Å². The lowest BCUT2D eigenvalue weighted by Gasteiger charge is -2.31. The number of rotatable bonds is 16. The van der Waals surface area contributed by atoms with Gasteiger partial charge >= 0.3 is 11.9 Å². The highest BCUT2D eigenvalue weighted by Crippen LogP contribution is 2.36. The van der Waals surface area contributed by atoms with Gasteiger partial charge in [0.1, 0.15) is 6.61 Å². The van der Waals surface area contributed by atoms with E-state index < -0.39 is 5.97 Å². The molecule has 0 radical (unpaired) electrons. The summed E-state index contributed by atoms with van der Waals surface area (Å²) in [5.74, 6) is 1.04. The third kappa shape index (κ3) is 33.0. The Morgan fingerprint density at radius 3 is 1.77 bits per heavy atom. The van der Waals surface area contributed by atoms with Gasteiger partial charge in [-0.15, -0.1) is 0 Å². The molecule has 16 heteroatoms. The van der Waals surface area contributed by atoms with Crippen LogP contribution in [0, 0.1) is 11.8 Å². The number of ether oxygens (including phenoxy) is 3. The van der Waals surface area contributed by atoms with Crippen LogP contribution in [-0.2, 0) is 38.2 Å². The molecule has 1 amide bonds. The first kappa shape index (κ1) is 51.8. The van der Waals surface area contributed by atoms with E-state index in [1.165, 1.54) is 37.0 Å². The van der Waals surface area contributed by atoms with Crippen molar-refractivity contribution in [1.82, 2.24) is 4.90 Å². The minimum Gasteiger partial charge on any atom is -0.466 e. The second kappa shape index (κ2) is 38.4. The number of isocyanates is 2. The molecule has 0 spiro atoms. The van der Waals surface area contributed by atoms with Crippen LogP contribution in [0.2, 0.25) is 0 Å². The molecule has 0 aromatic rings. The molecular formula is C37H65N3O13. The van der Waals surface area contributed by atoms with Crippen LogP contribution >= 0.6 is 0 Å². The van der Waals surface area contributed by atoms with Crippen LogP contribution < -0.4 is 0 Å². The summed E-state index contributed by atoms with van der Waals surface area (Å²) in [7, 11) is 1.63. The van der Waals surface area contributed by atoms with Crippen molar-refractivity contribution >= 4 is 30.0 Å². The summed E-state index contributed by atoms with van der Waals surface area (Å²) in [5.41, 5.74) is 0. The predicted molar refractivity (Wildman–Crippen MR) is 196 cm³/mol. The number of amides is 1. The zero-order valence-electron chi connectivity index (χ0n) is 31.6. The summed E-state index contributed by atoms with van der Waals surface area (Å²) in [6.07, 6.45) is 19.4. The Balaban J connectivity index is 0. The number of nitrogens with zero attached hydrogens (tertiary/aromatic N) is 3. The van der Waals surface area contributed by atoms with Crippen molar-refractivity contribution in [1.29, 1.82) is 0 Å². The van der Waals surface area contributed by atoms with E-state index in [-0.39, 0.29) is 63.6 Å². The number of cyclic esters (lactones) is 1. The monoisotopic (exact) mass is 759 g/mol. The van der Waals surface area contributed by atoms with Crippen LogP contribution in [0.5, 0.6) is 0 Å². The lowest BCUT2D eigenvalue weighted by atomic mass is 9.76. The van der Waals surface area contributed by atoms with Crippen LogP contribution in [0.15, 0.2) is 22.6 Å². The van der Waals surface area contributed by atoms with Gasteiger partial charge in [-0.1, -0.05) is 6.58 Å². The van der Waals surface area contributed by atoms with E-state index in [9.17, 15) is 24.0 Å². The summed E-state index contributed by atoms with van der Waals surface area (Å²) >= 11 is 0. The molecule has 5 N–H and O–H groups in total. The lowest BCUT2D eigenvalue weighted by Crippen LogP contribution is -2.29. The van der Waals surface area contributed by atoms with Gasteiger partial charge in [-0.05, 0) is 95.3 Å². The molecule has 1 heterocycles. The highest BCUT2D eigenvalue weighted by Gasteiger charge is 2.26. The Kier molecular flexibility index (Phi) is 37.5. The van der Waals surface area contributed by atoms with Crippen LogP contribution in [0.4, 0.5) is 0 Å². The number of likely N-dealkylation sites (N-methyl/N-ethyl adjacent to an activating group) is 1. The normalized spacial score (nSPS) is 20.3. The van der Waals surface area contributed by atoms with E-state index in [0.29, 0.717) is 45.6 Å². The largest absolute Gasteiger partial charge is 0.466 e. The third-order valence-corrected chi connectivity index (χ3v) is 8.44. The Morgan fingerprint density at radius 1 is 0.811 bits per heavy atom. The van der Waals surface area contributed by atoms with Gasteiger partial charge in [0, 0.05) is 39.1 Å². The quantitative estimate of drug-likeness (QED) is 0.0499. The lowest BCUT2D eigenvalue weighted by molar-refractivity contribution is -0.142. The first-order chi connectivity index (χ1) is 25.6. The smallest absolute Gasteiger partial charge is 0.330 e. The topological polar surface area (TPSA) is 242 Å². The van der Waals surface area contributed by atoms with Crippen LogP contribution in [-0.4, -0.2) is 146 Å². The Labute approximate surface area is 314 Å². The molecular weight excluding hydrogens is 694 g/mol. The number of hydrogen-bond donors (Lipinski definition) is 5. The van der Waals surface area contributed by atoms with Crippen molar-refractivity contribution in [2.24, 2.45) is 21.8 Å². The maximum atomic E-state index is 11.0. The minimum atomic E-state index is -0.501. The molecule has 53 heavy (non-hydrogen) atoms. The molecule has 1 aliphatic heterocycles. The molecule has 16 nitrogen and oxygen atoms in total. The molecule has 0 unspecified atom stereocenters. The van der Waals surface area contributed by atoms with Crippen molar-refractivity contribution in [3.05, 3.63) is 12.7 Å². The predicted octanol–water partition coefficient (Wildman–Crippen LogP) is 2.17. The third-order valence-electron chi connectivity index (χ3n) is 8.44. The molecule has 3 aliphatic rings. The van der Waals surface area contributed by atoms with E-state index in [4.69, 9.17) is 30.3 Å². The maximum absolute atomic E-state index is 11.0. The number of aliphatic hydroxyl groups excluding tert-OH is 5. The number of aliphatic hydroxyl groups is 5.